The van der Waals surface area contributed by atoms with Crippen LogP contribution in [-0.4, -0.2) is 25.3 Å². The van der Waals surface area contributed by atoms with Crippen molar-refractivity contribution in [2.24, 2.45) is 0 Å². The number of unbranched alkanes of at least 4 members (excludes halogenated alkanes) is 7. The Labute approximate surface area is 121 Å². The van der Waals surface area contributed by atoms with Crippen LogP contribution in [0.2, 0.25) is 0 Å². The molecule has 0 aromatic carbocycles. The van der Waals surface area contributed by atoms with Crippen molar-refractivity contribution < 1.29 is 4.74 Å². The molecule has 2 nitrogen and oxygen atoms in total. The molecule has 2 heteroatoms. The third-order valence-electron chi connectivity index (χ3n) is 3.87. The minimum atomic E-state index is -0.00824. The van der Waals surface area contributed by atoms with Gasteiger partial charge in [-0.3, -0.25) is 0 Å². The van der Waals surface area contributed by atoms with Gasteiger partial charge < -0.3 is 10.1 Å². The van der Waals surface area contributed by atoms with Crippen LogP contribution in [-0.2, 0) is 4.74 Å². The van der Waals surface area contributed by atoms with E-state index in [1.807, 2.05) is 0 Å². The molecule has 0 heterocycles. The molecule has 0 rings (SSSR count). The summed E-state index contributed by atoms with van der Waals surface area (Å²) in [6.45, 7) is 9.99. The number of ether oxygens (including phenoxy) is 1. The molecule has 0 fully saturated rings. The van der Waals surface area contributed by atoms with E-state index in [1.54, 1.807) is 7.11 Å². The first-order valence-electron chi connectivity index (χ1n) is 8.30. The molecule has 0 radical (unpaired) electrons. The van der Waals surface area contributed by atoms with Crippen molar-refractivity contribution in [2.75, 3.05) is 13.7 Å². The van der Waals surface area contributed by atoms with Gasteiger partial charge in [0.15, 0.2) is 0 Å². The molecule has 116 valence electrons. The molecule has 0 saturated carbocycles. The fourth-order valence-electron chi connectivity index (χ4n) is 2.50. The number of rotatable bonds is 13. The zero-order valence-corrected chi connectivity index (χ0v) is 14.1. The maximum atomic E-state index is 5.46. The highest BCUT2D eigenvalue weighted by atomic mass is 16.5. The first-order valence-corrected chi connectivity index (χ1v) is 8.30. The molecule has 0 amide bonds. The van der Waals surface area contributed by atoms with Gasteiger partial charge in [0.1, 0.15) is 0 Å². The van der Waals surface area contributed by atoms with E-state index in [2.05, 4.69) is 33.0 Å². The van der Waals surface area contributed by atoms with Crippen LogP contribution in [0.1, 0.15) is 85.5 Å². The van der Waals surface area contributed by atoms with Crippen molar-refractivity contribution in [2.45, 2.75) is 97.1 Å². The van der Waals surface area contributed by atoms with Crippen molar-refractivity contribution in [1.82, 2.24) is 5.32 Å². The smallest absolute Gasteiger partial charge is 0.0637 e. The van der Waals surface area contributed by atoms with Crippen LogP contribution in [0.15, 0.2) is 0 Å². The van der Waals surface area contributed by atoms with Crippen LogP contribution < -0.4 is 5.32 Å². The fraction of sp³-hybridized carbons (Fsp3) is 1.00. The molecule has 1 unspecified atom stereocenters. The second-order valence-electron chi connectivity index (χ2n) is 6.50. The molecule has 1 atom stereocenters. The molecule has 1 N–H and O–H groups in total. The van der Waals surface area contributed by atoms with E-state index in [1.165, 1.54) is 51.4 Å². The quantitative estimate of drug-likeness (QED) is 0.480. The number of hydrogen-bond donors (Lipinski definition) is 1. The highest BCUT2D eigenvalue weighted by Crippen LogP contribution is 2.15. The summed E-state index contributed by atoms with van der Waals surface area (Å²) >= 11 is 0. The lowest BCUT2D eigenvalue weighted by Gasteiger charge is -2.27. The van der Waals surface area contributed by atoms with Gasteiger partial charge >= 0.3 is 0 Å². The van der Waals surface area contributed by atoms with Gasteiger partial charge in [-0.1, -0.05) is 51.9 Å². The molecule has 0 bridgehead atoms. The van der Waals surface area contributed by atoms with E-state index >= 15 is 0 Å². The van der Waals surface area contributed by atoms with Gasteiger partial charge in [-0.05, 0) is 40.2 Å². The SMILES string of the molecule is CCCCCCCCCCNC(C)CC(C)(C)OC. The Kier molecular flexibility index (Phi) is 11.7. The summed E-state index contributed by atoms with van der Waals surface area (Å²) in [5.74, 6) is 0. The van der Waals surface area contributed by atoms with Gasteiger partial charge in [0, 0.05) is 13.2 Å². The second-order valence-corrected chi connectivity index (χ2v) is 6.50. The third-order valence-corrected chi connectivity index (χ3v) is 3.87. The second kappa shape index (κ2) is 11.7. The van der Waals surface area contributed by atoms with E-state index in [0.29, 0.717) is 6.04 Å². The molecule has 0 aliphatic heterocycles. The Morgan fingerprint density at radius 3 is 2.00 bits per heavy atom. The predicted molar refractivity (Wildman–Crippen MR) is 85.8 cm³/mol. The highest BCUT2D eigenvalue weighted by molar-refractivity contribution is 4.75. The molecular weight excluding hydrogens is 234 g/mol. The lowest BCUT2D eigenvalue weighted by atomic mass is 10.00. The van der Waals surface area contributed by atoms with Crippen LogP contribution in [0.4, 0.5) is 0 Å². The Balaban J connectivity index is 3.30. The van der Waals surface area contributed by atoms with Crippen molar-refractivity contribution in [1.29, 1.82) is 0 Å². The van der Waals surface area contributed by atoms with Gasteiger partial charge in [0.25, 0.3) is 0 Å². The monoisotopic (exact) mass is 271 g/mol. The summed E-state index contributed by atoms with van der Waals surface area (Å²) in [6.07, 6.45) is 12.2. The third kappa shape index (κ3) is 12.7. The van der Waals surface area contributed by atoms with Crippen LogP contribution in [0.5, 0.6) is 0 Å². The zero-order chi connectivity index (χ0) is 14.6. The lowest BCUT2D eigenvalue weighted by molar-refractivity contribution is 0.00859. The predicted octanol–water partition coefficient (Wildman–Crippen LogP) is 4.92. The van der Waals surface area contributed by atoms with Gasteiger partial charge in [-0.25, -0.2) is 0 Å². The Hall–Kier alpha value is -0.0800. The normalized spacial score (nSPS) is 13.7. The van der Waals surface area contributed by atoms with Gasteiger partial charge in [-0.15, -0.1) is 0 Å². The van der Waals surface area contributed by atoms with E-state index in [-0.39, 0.29) is 5.60 Å². The van der Waals surface area contributed by atoms with Crippen molar-refractivity contribution in [3.63, 3.8) is 0 Å². The molecule has 19 heavy (non-hydrogen) atoms. The summed E-state index contributed by atoms with van der Waals surface area (Å²) in [4.78, 5) is 0. The highest BCUT2D eigenvalue weighted by Gasteiger charge is 2.19. The summed E-state index contributed by atoms with van der Waals surface area (Å²) in [5.41, 5.74) is -0.00824. The molecule has 0 aliphatic rings. The molecule has 0 aromatic heterocycles. The Morgan fingerprint density at radius 1 is 0.947 bits per heavy atom. The minimum absolute atomic E-state index is 0.00824. The van der Waals surface area contributed by atoms with Gasteiger partial charge in [-0.2, -0.15) is 0 Å². The minimum Gasteiger partial charge on any atom is -0.379 e. The Bertz CT molecular complexity index is 192. The molecular formula is C17H37NO. The fourth-order valence-corrected chi connectivity index (χ4v) is 2.50. The topological polar surface area (TPSA) is 21.3 Å². The first-order chi connectivity index (χ1) is 9.02. The molecule has 0 aliphatic carbocycles. The maximum Gasteiger partial charge on any atom is 0.0637 e. The summed E-state index contributed by atoms with van der Waals surface area (Å²) in [6, 6.07) is 0.541. The molecule has 0 saturated heterocycles. The van der Waals surface area contributed by atoms with E-state index in [9.17, 15) is 0 Å². The molecule has 0 aromatic rings. The van der Waals surface area contributed by atoms with Crippen LogP contribution in [0.3, 0.4) is 0 Å². The van der Waals surface area contributed by atoms with Crippen molar-refractivity contribution >= 4 is 0 Å². The van der Waals surface area contributed by atoms with Crippen LogP contribution in [0.25, 0.3) is 0 Å². The average molecular weight is 271 g/mol. The lowest BCUT2D eigenvalue weighted by Crippen LogP contribution is -2.36. The van der Waals surface area contributed by atoms with E-state index < -0.39 is 0 Å². The van der Waals surface area contributed by atoms with Crippen molar-refractivity contribution in [3.05, 3.63) is 0 Å². The zero-order valence-electron chi connectivity index (χ0n) is 14.1. The van der Waals surface area contributed by atoms with Crippen molar-refractivity contribution in [3.8, 4) is 0 Å². The molecule has 0 spiro atoms. The van der Waals surface area contributed by atoms with Crippen LogP contribution in [0, 0.1) is 0 Å². The Morgan fingerprint density at radius 2 is 1.47 bits per heavy atom. The average Bonchev–Trinajstić information content (AvgIpc) is 2.36. The standard InChI is InChI=1S/C17H37NO/c1-6-7-8-9-10-11-12-13-14-18-16(2)15-17(3,4)19-5/h16,18H,6-15H2,1-5H3. The van der Waals surface area contributed by atoms with Gasteiger partial charge in [0.05, 0.1) is 5.60 Å². The largest absolute Gasteiger partial charge is 0.379 e. The number of hydrogen-bond acceptors (Lipinski definition) is 2. The first kappa shape index (κ1) is 18.9. The maximum absolute atomic E-state index is 5.46. The summed E-state index contributed by atoms with van der Waals surface area (Å²) in [5, 5.41) is 3.60. The van der Waals surface area contributed by atoms with Crippen LogP contribution >= 0.6 is 0 Å². The number of methoxy groups -OCH3 is 1. The number of nitrogens with one attached hydrogen (secondary N) is 1. The van der Waals surface area contributed by atoms with Gasteiger partial charge in [0.2, 0.25) is 0 Å². The summed E-state index contributed by atoms with van der Waals surface area (Å²) in [7, 11) is 1.80. The summed E-state index contributed by atoms with van der Waals surface area (Å²) < 4.78 is 5.46. The van der Waals surface area contributed by atoms with E-state index in [0.717, 1.165) is 13.0 Å². The van der Waals surface area contributed by atoms with E-state index in [4.69, 9.17) is 4.74 Å².